The molecule has 0 aliphatic heterocycles. The molecule has 342 valence electrons. The molecule has 1 aromatic heterocycles. The van der Waals surface area contributed by atoms with Gasteiger partial charge in [-0.1, -0.05) is 237 Å². The molecule has 0 fully saturated rings. The van der Waals surface area contributed by atoms with Gasteiger partial charge in [-0.15, -0.1) is 0 Å². The molecular formula is C71H47NO. The summed E-state index contributed by atoms with van der Waals surface area (Å²) >= 11 is 0. The van der Waals surface area contributed by atoms with E-state index in [2.05, 4.69) is 290 Å². The van der Waals surface area contributed by atoms with E-state index in [0.717, 1.165) is 61.3 Å². The van der Waals surface area contributed by atoms with Gasteiger partial charge in [0.2, 0.25) is 0 Å². The Morgan fingerprint density at radius 1 is 0.301 bits per heavy atom. The molecule has 1 aliphatic carbocycles. The van der Waals surface area contributed by atoms with Crippen molar-refractivity contribution < 1.29 is 4.42 Å². The molecule has 14 rings (SSSR count). The molecule has 13 aromatic rings. The van der Waals surface area contributed by atoms with E-state index in [9.17, 15) is 0 Å². The van der Waals surface area contributed by atoms with E-state index >= 15 is 0 Å². The molecule has 0 N–H and O–H groups in total. The lowest BCUT2D eigenvalue weighted by atomic mass is 9.67. The highest BCUT2D eigenvalue weighted by Gasteiger charge is 2.46. The fraction of sp³-hybridized carbons (Fsp3) is 0.0141. The quantitative estimate of drug-likeness (QED) is 0.143. The van der Waals surface area contributed by atoms with Gasteiger partial charge in [-0.3, -0.25) is 0 Å². The van der Waals surface area contributed by atoms with Gasteiger partial charge >= 0.3 is 0 Å². The van der Waals surface area contributed by atoms with E-state index in [4.69, 9.17) is 4.42 Å². The lowest BCUT2D eigenvalue weighted by Gasteiger charge is -2.34. The van der Waals surface area contributed by atoms with E-state index in [1.165, 1.54) is 66.4 Å². The van der Waals surface area contributed by atoms with Crippen LogP contribution in [0.25, 0.3) is 88.3 Å². The molecular weight excluding hydrogens is 883 g/mol. The molecule has 0 saturated heterocycles. The highest BCUT2D eigenvalue weighted by atomic mass is 16.3. The number of nitrogens with zero attached hydrogens (tertiary/aromatic N) is 1. The molecule has 0 saturated carbocycles. The van der Waals surface area contributed by atoms with Crippen molar-refractivity contribution in [3.8, 4) is 55.6 Å². The van der Waals surface area contributed by atoms with Crippen molar-refractivity contribution in [1.29, 1.82) is 0 Å². The Bertz CT molecular complexity index is 4110. The molecule has 0 amide bonds. The van der Waals surface area contributed by atoms with E-state index in [1.54, 1.807) is 0 Å². The van der Waals surface area contributed by atoms with Crippen molar-refractivity contribution in [3.05, 3.63) is 307 Å². The third-order valence-electron chi connectivity index (χ3n) is 15.2. The summed E-state index contributed by atoms with van der Waals surface area (Å²) in [6.45, 7) is 0. The van der Waals surface area contributed by atoms with Crippen molar-refractivity contribution in [2.75, 3.05) is 4.90 Å². The van der Waals surface area contributed by atoms with Gasteiger partial charge < -0.3 is 9.32 Å². The van der Waals surface area contributed by atoms with Crippen LogP contribution in [0.5, 0.6) is 0 Å². The number of furan rings is 1. The van der Waals surface area contributed by atoms with E-state index in [-0.39, 0.29) is 0 Å². The van der Waals surface area contributed by atoms with Crippen molar-refractivity contribution in [2.24, 2.45) is 0 Å². The standard InChI is InChI=1S/C71H47NO/c1-4-17-52(18-5-1)61-45-46-67(69-64-27-13-15-30-68(64)73-70(61)69)72(57-40-35-49(36-41-57)48-31-33-53(34-32-48)60-28-16-20-51-19-10-11-25-59(51)60)58-42-37-50(38-43-58)54-39-44-63-62-26-12-14-29-65(62)71(66(63)47-54,55-21-6-2-7-22-55)56-23-8-3-9-24-56/h1-47H. The summed E-state index contributed by atoms with van der Waals surface area (Å²) in [5.41, 5.74) is 21.4. The fourth-order valence-corrected chi connectivity index (χ4v) is 11.8. The average Bonchev–Trinajstić information content (AvgIpc) is 4.01. The van der Waals surface area contributed by atoms with Crippen LogP contribution in [0.15, 0.2) is 290 Å². The smallest absolute Gasteiger partial charge is 0.145 e. The topological polar surface area (TPSA) is 16.4 Å². The number of rotatable bonds is 9. The average molecular weight is 930 g/mol. The van der Waals surface area contributed by atoms with Crippen molar-refractivity contribution >= 4 is 49.8 Å². The van der Waals surface area contributed by atoms with Crippen LogP contribution in [0.3, 0.4) is 0 Å². The first-order valence-corrected chi connectivity index (χ1v) is 25.2. The van der Waals surface area contributed by atoms with Gasteiger partial charge in [0.25, 0.3) is 0 Å². The van der Waals surface area contributed by atoms with Gasteiger partial charge in [-0.2, -0.15) is 0 Å². The first-order valence-electron chi connectivity index (χ1n) is 25.2. The molecule has 0 bridgehead atoms. The van der Waals surface area contributed by atoms with Crippen LogP contribution < -0.4 is 4.90 Å². The molecule has 0 atom stereocenters. The SMILES string of the molecule is c1ccc(-c2ccc(N(c3ccc(-c4ccc(-c5cccc6ccccc56)cc4)cc3)c3ccc(-c4ccc5c(c4)C(c4ccccc4)(c4ccccc4)c4ccccc4-5)cc3)c3c2oc2ccccc23)cc1. The highest BCUT2D eigenvalue weighted by Crippen LogP contribution is 2.57. The van der Waals surface area contributed by atoms with Crippen LogP contribution in [0.4, 0.5) is 17.1 Å². The third-order valence-corrected chi connectivity index (χ3v) is 15.2. The maximum Gasteiger partial charge on any atom is 0.145 e. The molecule has 12 aromatic carbocycles. The lowest BCUT2D eigenvalue weighted by Crippen LogP contribution is -2.28. The predicted molar refractivity (Wildman–Crippen MR) is 305 cm³/mol. The van der Waals surface area contributed by atoms with Crippen LogP contribution in [-0.4, -0.2) is 0 Å². The minimum atomic E-state index is -0.475. The van der Waals surface area contributed by atoms with E-state index < -0.39 is 5.41 Å². The van der Waals surface area contributed by atoms with Crippen LogP contribution >= 0.6 is 0 Å². The molecule has 0 unspecified atom stereocenters. The normalized spacial score (nSPS) is 12.5. The van der Waals surface area contributed by atoms with Crippen LogP contribution in [0.2, 0.25) is 0 Å². The Morgan fingerprint density at radius 2 is 0.781 bits per heavy atom. The lowest BCUT2D eigenvalue weighted by molar-refractivity contribution is 0.670. The fourth-order valence-electron chi connectivity index (χ4n) is 11.8. The summed E-state index contributed by atoms with van der Waals surface area (Å²) in [5.74, 6) is 0. The summed E-state index contributed by atoms with van der Waals surface area (Å²) in [6, 6.07) is 104. The number of fused-ring (bicyclic) bond motifs is 7. The molecule has 0 radical (unpaired) electrons. The number of hydrogen-bond donors (Lipinski definition) is 0. The van der Waals surface area contributed by atoms with E-state index in [1.807, 2.05) is 0 Å². The van der Waals surface area contributed by atoms with Crippen LogP contribution in [0.1, 0.15) is 22.3 Å². The minimum absolute atomic E-state index is 0.475. The molecule has 1 aliphatic rings. The Morgan fingerprint density at radius 3 is 1.48 bits per heavy atom. The number of para-hydroxylation sites is 1. The van der Waals surface area contributed by atoms with Gasteiger partial charge in [-0.25, -0.2) is 0 Å². The summed E-state index contributed by atoms with van der Waals surface area (Å²) in [5, 5.41) is 4.66. The molecule has 2 heteroatoms. The molecule has 1 heterocycles. The van der Waals surface area contributed by atoms with Crippen molar-refractivity contribution in [1.82, 2.24) is 0 Å². The highest BCUT2D eigenvalue weighted by molar-refractivity contribution is 6.17. The largest absolute Gasteiger partial charge is 0.455 e. The van der Waals surface area contributed by atoms with Gasteiger partial charge in [-0.05, 0) is 132 Å². The number of anilines is 3. The first-order chi connectivity index (χ1) is 36.2. The van der Waals surface area contributed by atoms with Gasteiger partial charge in [0.05, 0.1) is 16.5 Å². The molecule has 0 spiro atoms. The van der Waals surface area contributed by atoms with Crippen molar-refractivity contribution in [3.63, 3.8) is 0 Å². The predicted octanol–water partition coefficient (Wildman–Crippen LogP) is 19.2. The Hall–Kier alpha value is -9.50. The summed E-state index contributed by atoms with van der Waals surface area (Å²) < 4.78 is 6.83. The Kier molecular flexibility index (Phi) is 10.1. The second kappa shape index (κ2) is 17.4. The zero-order valence-electron chi connectivity index (χ0n) is 40.0. The van der Waals surface area contributed by atoms with Gasteiger partial charge in [0.1, 0.15) is 11.2 Å². The minimum Gasteiger partial charge on any atom is -0.455 e. The third kappa shape index (κ3) is 6.94. The molecule has 2 nitrogen and oxygen atoms in total. The maximum absolute atomic E-state index is 6.83. The summed E-state index contributed by atoms with van der Waals surface area (Å²) in [6.07, 6.45) is 0. The summed E-state index contributed by atoms with van der Waals surface area (Å²) in [7, 11) is 0. The Balaban J connectivity index is 0.896. The van der Waals surface area contributed by atoms with E-state index in [0.29, 0.717) is 0 Å². The van der Waals surface area contributed by atoms with Gasteiger partial charge in [0.15, 0.2) is 0 Å². The van der Waals surface area contributed by atoms with Crippen molar-refractivity contribution in [2.45, 2.75) is 5.41 Å². The first kappa shape index (κ1) is 42.4. The van der Waals surface area contributed by atoms with Crippen LogP contribution in [0, 0.1) is 0 Å². The Labute approximate surface area is 425 Å². The zero-order chi connectivity index (χ0) is 48.3. The zero-order valence-corrected chi connectivity index (χ0v) is 40.0. The number of benzene rings is 12. The second-order valence-corrected chi connectivity index (χ2v) is 19.1. The maximum atomic E-state index is 6.83. The molecule has 73 heavy (non-hydrogen) atoms. The second-order valence-electron chi connectivity index (χ2n) is 19.1. The monoisotopic (exact) mass is 929 g/mol. The van der Waals surface area contributed by atoms with Gasteiger partial charge in [0, 0.05) is 22.3 Å². The number of hydrogen-bond acceptors (Lipinski definition) is 2. The summed E-state index contributed by atoms with van der Waals surface area (Å²) in [4.78, 5) is 2.39. The van der Waals surface area contributed by atoms with Crippen LogP contribution in [-0.2, 0) is 5.41 Å².